The number of sulfonamides is 1. The number of rotatable bonds is 8. The third-order valence-electron chi connectivity index (χ3n) is 7.79. The molecular formula is C27H41F3N6O3S. The molecule has 224 valence electrons. The number of hydrogen-bond donors (Lipinski definition) is 1. The highest BCUT2D eigenvalue weighted by Crippen LogP contribution is 2.37. The van der Waals surface area contributed by atoms with E-state index in [-0.39, 0.29) is 37.4 Å². The van der Waals surface area contributed by atoms with Gasteiger partial charge < -0.3 is 19.9 Å². The number of piperazine rings is 1. The van der Waals surface area contributed by atoms with Crippen LogP contribution in [-0.2, 0) is 22.6 Å². The minimum absolute atomic E-state index is 0. The number of aromatic nitrogens is 2. The van der Waals surface area contributed by atoms with E-state index in [0.29, 0.717) is 24.3 Å². The van der Waals surface area contributed by atoms with Gasteiger partial charge in [-0.1, -0.05) is 20.3 Å². The Hall–Kier alpha value is -2.64. The molecule has 2 aliphatic rings. The average Bonchev–Trinajstić information content (AvgIpc) is 2.88. The molecule has 40 heavy (non-hydrogen) atoms. The van der Waals surface area contributed by atoms with Gasteiger partial charge in [0.25, 0.3) is 0 Å². The zero-order chi connectivity index (χ0) is 28.4. The number of likely N-dealkylation sites (N-methyl/N-ethyl adjacent to an activating group) is 1. The van der Waals surface area contributed by atoms with Gasteiger partial charge in [-0.15, -0.1) is 0 Å². The largest absolute Gasteiger partial charge is 0.494 e. The van der Waals surface area contributed by atoms with Gasteiger partial charge in [-0.25, -0.2) is 22.7 Å². The third kappa shape index (κ3) is 7.55. The van der Waals surface area contributed by atoms with Crippen molar-refractivity contribution in [1.82, 2.24) is 19.2 Å². The second kappa shape index (κ2) is 12.9. The van der Waals surface area contributed by atoms with Gasteiger partial charge in [-0.2, -0.15) is 13.2 Å². The van der Waals surface area contributed by atoms with Crippen molar-refractivity contribution in [2.24, 2.45) is 5.92 Å². The summed E-state index contributed by atoms with van der Waals surface area (Å²) in [6, 6.07) is 5.26. The Kier molecular flexibility index (Phi) is 10.3. The molecule has 0 spiro atoms. The predicted octanol–water partition coefficient (Wildman–Crippen LogP) is 4.63. The highest BCUT2D eigenvalue weighted by molar-refractivity contribution is 7.88. The summed E-state index contributed by atoms with van der Waals surface area (Å²) in [5, 5.41) is 3.03. The number of nitrogens with zero attached hydrogens (tertiary/aromatic N) is 5. The third-order valence-corrected chi connectivity index (χ3v) is 9.10. The van der Waals surface area contributed by atoms with Gasteiger partial charge in [0.1, 0.15) is 5.75 Å². The lowest BCUT2D eigenvalue weighted by Gasteiger charge is -2.37. The summed E-state index contributed by atoms with van der Waals surface area (Å²) >= 11 is 0. The van der Waals surface area contributed by atoms with Gasteiger partial charge in [0.15, 0.2) is 0 Å². The smallest absolute Gasteiger partial charge is 0.419 e. The van der Waals surface area contributed by atoms with E-state index < -0.39 is 21.8 Å². The summed E-state index contributed by atoms with van der Waals surface area (Å²) in [6.07, 6.45) is 0.154. The van der Waals surface area contributed by atoms with E-state index in [0.717, 1.165) is 57.2 Å². The van der Waals surface area contributed by atoms with Crippen molar-refractivity contribution < 1.29 is 26.3 Å². The van der Waals surface area contributed by atoms with Crippen LogP contribution in [0.15, 0.2) is 24.4 Å². The molecule has 2 atom stereocenters. The summed E-state index contributed by atoms with van der Waals surface area (Å²) in [5.41, 5.74) is 0.481. The Labute approximate surface area is 235 Å². The van der Waals surface area contributed by atoms with E-state index in [2.05, 4.69) is 32.1 Å². The Bertz CT molecular complexity index is 1250. The Balaban J connectivity index is 0.00000441. The summed E-state index contributed by atoms with van der Waals surface area (Å²) in [6.45, 7) is 3.67. The van der Waals surface area contributed by atoms with E-state index in [1.54, 1.807) is 0 Å². The number of alkyl halides is 3. The van der Waals surface area contributed by atoms with Crippen molar-refractivity contribution >= 4 is 27.3 Å². The minimum atomic E-state index is -4.64. The maximum absolute atomic E-state index is 13.9. The molecule has 1 aromatic heterocycles. The van der Waals surface area contributed by atoms with E-state index >= 15 is 0 Å². The van der Waals surface area contributed by atoms with E-state index in [1.165, 1.54) is 18.5 Å². The Morgan fingerprint density at radius 2 is 1.82 bits per heavy atom. The van der Waals surface area contributed by atoms with Gasteiger partial charge in [0.05, 0.1) is 30.3 Å². The summed E-state index contributed by atoms with van der Waals surface area (Å²) in [4.78, 5) is 12.8. The number of ether oxygens (including phenoxy) is 1. The van der Waals surface area contributed by atoms with Gasteiger partial charge in [-0.3, -0.25) is 0 Å². The number of methoxy groups -OCH3 is 1. The van der Waals surface area contributed by atoms with E-state index in [9.17, 15) is 21.6 Å². The fraction of sp³-hybridized carbons (Fsp3) is 0.630. The molecular weight excluding hydrogens is 545 g/mol. The molecule has 1 aliphatic carbocycles. The fourth-order valence-electron chi connectivity index (χ4n) is 5.43. The van der Waals surface area contributed by atoms with Crippen molar-refractivity contribution in [1.29, 1.82) is 0 Å². The normalized spacial score (nSPS) is 20.8. The van der Waals surface area contributed by atoms with Gasteiger partial charge in [0, 0.05) is 57.2 Å². The van der Waals surface area contributed by atoms with Gasteiger partial charge in [-0.05, 0) is 44.4 Å². The molecule has 0 bridgehead atoms. The molecule has 0 unspecified atom stereocenters. The predicted molar refractivity (Wildman–Crippen MR) is 152 cm³/mol. The summed E-state index contributed by atoms with van der Waals surface area (Å²) in [7, 11) is 1.62. The topological polar surface area (TPSA) is 90.9 Å². The lowest BCUT2D eigenvalue weighted by Crippen LogP contribution is -2.44. The monoisotopic (exact) mass is 586 g/mol. The summed E-state index contributed by atoms with van der Waals surface area (Å²) < 4.78 is 73.1. The van der Waals surface area contributed by atoms with Crippen molar-refractivity contribution in [2.45, 2.75) is 51.7 Å². The average molecular weight is 587 g/mol. The molecule has 0 radical (unpaired) electrons. The zero-order valence-electron chi connectivity index (χ0n) is 22.8. The Morgan fingerprint density at radius 1 is 1.15 bits per heavy atom. The van der Waals surface area contributed by atoms with Crippen LogP contribution in [0, 0.1) is 5.92 Å². The number of halogens is 3. The zero-order valence-corrected chi connectivity index (χ0v) is 23.6. The highest BCUT2D eigenvalue weighted by Gasteiger charge is 2.38. The first-order chi connectivity index (χ1) is 18.4. The number of anilines is 3. The van der Waals surface area contributed by atoms with Crippen LogP contribution in [0.25, 0.3) is 0 Å². The molecule has 2 aromatic rings. The maximum Gasteiger partial charge on any atom is 0.419 e. The minimum Gasteiger partial charge on any atom is -0.494 e. The van der Waals surface area contributed by atoms with Crippen LogP contribution >= 0.6 is 0 Å². The second-order valence-corrected chi connectivity index (χ2v) is 12.5. The molecule has 9 nitrogen and oxygen atoms in total. The van der Waals surface area contributed by atoms with Crippen LogP contribution in [0.2, 0.25) is 0 Å². The summed E-state index contributed by atoms with van der Waals surface area (Å²) in [5.74, 6) is 0.255. The lowest BCUT2D eigenvalue weighted by atomic mass is 9.81. The van der Waals surface area contributed by atoms with Crippen molar-refractivity contribution in [3.8, 4) is 5.75 Å². The lowest BCUT2D eigenvalue weighted by molar-refractivity contribution is -0.138. The SMILES string of the molecule is C.COc1cc(N2CCN(C)CC2)ccc1Nc1ncc(C(F)(F)F)c(C[C@@H]2CCCC[C@H]2N(C)S(C)(=O)=O)n1. The first kappa shape index (κ1) is 31.9. The van der Waals surface area contributed by atoms with Crippen molar-refractivity contribution in [3.05, 3.63) is 35.7 Å². The van der Waals surface area contributed by atoms with Gasteiger partial charge >= 0.3 is 6.18 Å². The Morgan fingerprint density at radius 3 is 2.45 bits per heavy atom. The number of benzene rings is 1. The molecule has 1 N–H and O–H groups in total. The molecule has 1 aliphatic heterocycles. The quantitative estimate of drug-likeness (QED) is 0.479. The molecule has 1 saturated carbocycles. The van der Waals surface area contributed by atoms with Crippen LogP contribution in [0.5, 0.6) is 5.75 Å². The second-order valence-electron chi connectivity index (χ2n) is 10.4. The van der Waals surface area contributed by atoms with Crippen LogP contribution in [0.4, 0.5) is 30.5 Å². The van der Waals surface area contributed by atoms with Crippen molar-refractivity contribution in [3.63, 3.8) is 0 Å². The molecule has 2 fully saturated rings. The molecule has 0 amide bonds. The van der Waals surface area contributed by atoms with E-state index in [1.807, 2.05) is 18.2 Å². The van der Waals surface area contributed by atoms with Crippen LogP contribution < -0.4 is 15.0 Å². The standard InChI is InChI=1S/C26H37F3N6O3S.CH4/c1-33-11-13-35(14-12-33)19-9-10-21(24(16-19)38-3)31-25-30-17-20(26(27,28)29)22(32-25)15-18-7-5-6-8-23(18)34(2)39(4,36)37;/h9-10,16-18,23H,5-8,11-15H2,1-4H3,(H,30,31,32);1H4/t18-,23+;/m0./s1. The van der Waals surface area contributed by atoms with Crippen LogP contribution in [-0.4, -0.2) is 87.3 Å². The first-order valence-electron chi connectivity index (χ1n) is 13.1. The van der Waals surface area contributed by atoms with Crippen molar-refractivity contribution in [2.75, 3.05) is 63.9 Å². The van der Waals surface area contributed by atoms with E-state index in [4.69, 9.17) is 4.74 Å². The molecule has 1 aromatic carbocycles. The number of nitrogens with one attached hydrogen (secondary N) is 1. The fourth-order valence-corrected chi connectivity index (χ4v) is 6.20. The molecule has 1 saturated heterocycles. The highest BCUT2D eigenvalue weighted by atomic mass is 32.2. The molecule has 13 heteroatoms. The van der Waals surface area contributed by atoms with Gasteiger partial charge in [0.2, 0.25) is 16.0 Å². The van der Waals surface area contributed by atoms with Crippen LogP contribution in [0.1, 0.15) is 44.4 Å². The van der Waals surface area contributed by atoms with Crippen LogP contribution in [0.3, 0.4) is 0 Å². The molecule has 2 heterocycles. The number of hydrogen-bond acceptors (Lipinski definition) is 8. The first-order valence-corrected chi connectivity index (χ1v) is 15.0. The molecule has 4 rings (SSSR count). The maximum atomic E-state index is 13.9.